The number of carbonyl (C=O) groups excluding carboxylic acids is 1. The third-order valence-electron chi connectivity index (χ3n) is 7.07. The van der Waals surface area contributed by atoms with Gasteiger partial charge in [-0.05, 0) is 54.9 Å². The molecule has 1 N–H and O–H groups in total. The number of rotatable bonds is 3. The summed E-state index contributed by atoms with van der Waals surface area (Å²) in [6.07, 6.45) is 6.74. The molecule has 0 bridgehead atoms. The summed E-state index contributed by atoms with van der Waals surface area (Å²) in [4.78, 5) is 25.4. The van der Waals surface area contributed by atoms with E-state index in [4.69, 9.17) is 11.6 Å². The summed E-state index contributed by atoms with van der Waals surface area (Å²) in [5, 5.41) is 9.24. The Morgan fingerprint density at radius 3 is 2.78 bits per heavy atom. The van der Waals surface area contributed by atoms with Crippen molar-refractivity contribution >= 4 is 34.2 Å². The first-order valence-electron chi connectivity index (χ1n) is 11.1. The van der Waals surface area contributed by atoms with Crippen molar-refractivity contribution in [3.63, 3.8) is 0 Å². The van der Waals surface area contributed by atoms with Gasteiger partial charge in [0.15, 0.2) is 0 Å². The molecule has 2 aliphatic rings. The number of nitrogens with one attached hydrogen (secondary N) is 1. The predicted molar refractivity (Wildman–Crippen MR) is 126 cm³/mol. The number of nitrogens with zero attached hydrogens (tertiary/aromatic N) is 5. The normalized spacial score (nSPS) is 21.0. The van der Waals surface area contributed by atoms with E-state index in [9.17, 15) is 4.79 Å². The number of anilines is 1. The molecule has 1 amide bonds. The number of fused-ring (bicyclic) bond motifs is 2. The van der Waals surface area contributed by atoms with Gasteiger partial charge in [0.1, 0.15) is 12.1 Å². The average Bonchev–Trinajstić information content (AvgIpc) is 3.27. The van der Waals surface area contributed by atoms with E-state index in [1.807, 2.05) is 17.2 Å². The van der Waals surface area contributed by atoms with Crippen molar-refractivity contribution in [2.75, 3.05) is 31.1 Å². The third-order valence-corrected chi connectivity index (χ3v) is 7.46. The molecule has 1 aliphatic heterocycles. The Kier molecular flexibility index (Phi) is 5.37. The van der Waals surface area contributed by atoms with Gasteiger partial charge in [0.25, 0.3) is 0 Å². The Morgan fingerprint density at radius 1 is 1.25 bits per heavy atom. The molecule has 32 heavy (non-hydrogen) atoms. The number of H-pyrrole nitrogens is 1. The van der Waals surface area contributed by atoms with Gasteiger partial charge in [-0.25, -0.2) is 9.97 Å². The van der Waals surface area contributed by atoms with Crippen molar-refractivity contribution in [2.24, 2.45) is 5.92 Å². The molecule has 1 saturated heterocycles. The summed E-state index contributed by atoms with van der Waals surface area (Å²) >= 11 is 6.57. The lowest BCUT2D eigenvalue weighted by molar-refractivity contribution is -0.126. The lowest BCUT2D eigenvalue weighted by Gasteiger charge is -2.38. The molecule has 3 aromatic rings. The summed E-state index contributed by atoms with van der Waals surface area (Å²) in [5.41, 5.74) is 5.72. The molecule has 0 radical (unpaired) electrons. The summed E-state index contributed by atoms with van der Waals surface area (Å²) in [5.74, 6) is 1.73. The maximum atomic E-state index is 11.9. The predicted octanol–water partition coefficient (Wildman–Crippen LogP) is 3.67. The molecule has 1 aromatic carbocycles. The number of carbonyl (C=O) groups is 1. The van der Waals surface area contributed by atoms with Crippen LogP contribution in [-0.2, 0) is 17.6 Å². The van der Waals surface area contributed by atoms with Crippen molar-refractivity contribution in [1.29, 1.82) is 0 Å². The largest absolute Gasteiger partial charge is 0.353 e. The number of hydrogen-bond acceptors (Lipinski definition) is 5. The molecule has 166 valence electrons. The lowest BCUT2D eigenvalue weighted by atomic mass is 9.73. The number of benzene rings is 1. The molecule has 1 aliphatic carbocycles. The highest BCUT2D eigenvalue weighted by molar-refractivity contribution is 6.32. The fourth-order valence-corrected chi connectivity index (χ4v) is 5.50. The second-order valence-corrected chi connectivity index (χ2v) is 9.27. The van der Waals surface area contributed by atoms with Crippen LogP contribution in [-0.4, -0.2) is 57.2 Å². The number of amides is 1. The molecule has 2 atom stereocenters. The van der Waals surface area contributed by atoms with Crippen LogP contribution in [0, 0.1) is 12.8 Å². The Morgan fingerprint density at radius 2 is 2.03 bits per heavy atom. The molecule has 1 fully saturated rings. The molecule has 0 spiro atoms. The van der Waals surface area contributed by atoms with Gasteiger partial charge in [0.2, 0.25) is 5.91 Å². The Bertz CT molecular complexity index is 1200. The maximum Gasteiger partial charge on any atom is 0.246 e. The fourth-order valence-electron chi connectivity index (χ4n) is 5.29. The van der Waals surface area contributed by atoms with Crippen LogP contribution in [0.25, 0.3) is 10.9 Å². The monoisotopic (exact) mass is 450 g/mol. The number of hydrogen-bond donors (Lipinski definition) is 1. The van der Waals surface area contributed by atoms with Gasteiger partial charge in [-0.1, -0.05) is 25.1 Å². The van der Waals surface area contributed by atoms with Crippen molar-refractivity contribution in [1.82, 2.24) is 25.1 Å². The Balaban J connectivity index is 1.46. The van der Waals surface area contributed by atoms with Gasteiger partial charge < -0.3 is 9.80 Å². The lowest BCUT2D eigenvalue weighted by Crippen LogP contribution is -2.49. The molecule has 7 nitrogen and oxygen atoms in total. The molecule has 2 aromatic heterocycles. The first kappa shape index (κ1) is 20.9. The molecule has 5 rings (SSSR count). The van der Waals surface area contributed by atoms with E-state index in [1.54, 1.807) is 6.33 Å². The SMILES string of the molecule is C=CC(=O)N1CCN(c2ncnc3c2C[C@@H](C)C(c2c(C)c(Cl)cc4[nH]ncc24)C3)CC1. The minimum atomic E-state index is -0.00622. The fraction of sp³-hybridized carbons (Fsp3) is 0.417. The summed E-state index contributed by atoms with van der Waals surface area (Å²) < 4.78 is 0. The highest BCUT2D eigenvalue weighted by Gasteiger charge is 2.34. The minimum Gasteiger partial charge on any atom is -0.353 e. The number of aromatic amines is 1. The zero-order valence-corrected chi connectivity index (χ0v) is 19.2. The molecule has 1 unspecified atom stereocenters. The standard InChI is InChI=1S/C24H27ClN6O/c1-4-22(32)30-5-7-31(8-6-30)24-17-9-14(2)16(10-20(17)26-13-27-24)23-15(3)19(25)11-21-18(23)12-28-29-21/h4,11-14,16H,1,5-10H2,2-3H3,(H,28,29)/t14-,16?/m1/s1. The molecule has 8 heteroatoms. The summed E-state index contributed by atoms with van der Waals surface area (Å²) in [6.45, 7) is 10.9. The maximum absolute atomic E-state index is 11.9. The number of aromatic nitrogens is 4. The quantitative estimate of drug-likeness (QED) is 0.616. The minimum absolute atomic E-state index is 0.00622. The Hall–Kier alpha value is -2.93. The molecule has 3 heterocycles. The van der Waals surface area contributed by atoms with Crippen LogP contribution < -0.4 is 4.90 Å². The van der Waals surface area contributed by atoms with Gasteiger partial charge in [-0.2, -0.15) is 5.10 Å². The second kappa shape index (κ2) is 8.20. The summed E-state index contributed by atoms with van der Waals surface area (Å²) in [6, 6.07) is 1.96. The van der Waals surface area contributed by atoms with Crippen molar-refractivity contribution < 1.29 is 4.79 Å². The van der Waals surface area contributed by atoms with E-state index in [0.29, 0.717) is 24.9 Å². The first-order valence-corrected chi connectivity index (χ1v) is 11.5. The zero-order valence-electron chi connectivity index (χ0n) is 18.4. The van der Waals surface area contributed by atoms with Crippen molar-refractivity contribution in [3.05, 3.63) is 58.7 Å². The summed E-state index contributed by atoms with van der Waals surface area (Å²) in [7, 11) is 0. The highest BCUT2D eigenvalue weighted by Crippen LogP contribution is 2.43. The van der Waals surface area contributed by atoms with E-state index < -0.39 is 0 Å². The van der Waals surface area contributed by atoms with E-state index in [2.05, 4.69) is 45.5 Å². The van der Waals surface area contributed by atoms with Crippen LogP contribution >= 0.6 is 11.6 Å². The molecule has 0 saturated carbocycles. The van der Waals surface area contributed by atoms with Crippen LogP contribution in [0.3, 0.4) is 0 Å². The van der Waals surface area contributed by atoms with Crippen molar-refractivity contribution in [3.8, 4) is 0 Å². The van der Waals surface area contributed by atoms with E-state index in [0.717, 1.165) is 58.9 Å². The van der Waals surface area contributed by atoms with Gasteiger partial charge in [-0.3, -0.25) is 9.89 Å². The van der Waals surface area contributed by atoms with Crippen LogP contribution in [0.2, 0.25) is 5.02 Å². The van der Waals surface area contributed by atoms with Crippen LogP contribution in [0.15, 0.2) is 31.2 Å². The second-order valence-electron chi connectivity index (χ2n) is 8.86. The van der Waals surface area contributed by atoms with Gasteiger partial charge in [-0.15, -0.1) is 0 Å². The molecular weight excluding hydrogens is 424 g/mol. The number of piperazine rings is 1. The smallest absolute Gasteiger partial charge is 0.246 e. The third kappa shape index (κ3) is 3.45. The van der Waals surface area contributed by atoms with E-state index in [1.165, 1.54) is 17.2 Å². The topological polar surface area (TPSA) is 78.0 Å². The van der Waals surface area contributed by atoms with Crippen LogP contribution in [0.4, 0.5) is 5.82 Å². The van der Waals surface area contributed by atoms with E-state index in [-0.39, 0.29) is 5.91 Å². The van der Waals surface area contributed by atoms with Gasteiger partial charge in [0, 0.05) is 47.8 Å². The van der Waals surface area contributed by atoms with Crippen molar-refractivity contribution in [2.45, 2.75) is 32.6 Å². The Labute approximate surface area is 192 Å². The van der Waals surface area contributed by atoms with Gasteiger partial charge in [0.05, 0.1) is 11.7 Å². The van der Waals surface area contributed by atoms with Crippen LogP contribution in [0.1, 0.15) is 35.2 Å². The average molecular weight is 451 g/mol. The van der Waals surface area contributed by atoms with E-state index >= 15 is 0 Å². The van der Waals surface area contributed by atoms with Gasteiger partial charge >= 0.3 is 0 Å². The van der Waals surface area contributed by atoms with Crippen LogP contribution in [0.5, 0.6) is 0 Å². The zero-order chi connectivity index (χ0) is 22.4. The highest BCUT2D eigenvalue weighted by atomic mass is 35.5. The number of halogens is 1. The molecular formula is C24H27ClN6O. The first-order chi connectivity index (χ1) is 15.5.